The summed E-state index contributed by atoms with van der Waals surface area (Å²) in [6, 6.07) is 19.8. The van der Waals surface area contributed by atoms with Crippen LogP contribution in [0.4, 0.5) is 9.59 Å². The van der Waals surface area contributed by atoms with Gasteiger partial charge < -0.3 is 35.1 Å². The Hall–Kier alpha value is -5.69. The highest BCUT2D eigenvalue weighted by Crippen LogP contribution is 2.50. The molecule has 4 heterocycles. The van der Waals surface area contributed by atoms with Gasteiger partial charge in [0, 0.05) is 36.5 Å². The molecule has 3 amide bonds. The second kappa shape index (κ2) is 14.5. The number of nitrogens with zero attached hydrogens (tertiary/aromatic N) is 4. The van der Waals surface area contributed by atoms with E-state index in [1.807, 2.05) is 65.2 Å². The van der Waals surface area contributed by atoms with Gasteiger partial charge in [-0.3, -0.25) is 9.69 Å². The van der Waals surface area contributed by atoms with E-state index in [0.29, 0.717) is 18.1 Å². The minimum absolute atomic E-state index is 0.0369. The summed E-state index contributed by atoms with van der Waals surface area (Å²) in [5.41, 5.74) is 3.94. The minimum Gasteiger partial charge on any atom is -0.465 e. The van der Waals surface area contributed by atoms with Crippen LogP contribution in [-0.2, 0) is 15.1 Å². The standard InChI is InChI=1S/C42H49N7O6/c1-24(2)35(47-39(52)55-6)37(51)48-17-7-8-34(48)36-43-21-32(45-36)26-11-9-25(10-12-26)27-13-14-29-19-30(16-15-28(29)18-27)33-22-44-38(46-33)42(41(3,4)5)20-31(50)23-49(42)40(53)54/h9-16,18-19,21-22,24,31,34-35,50H,7-8,17,20,23H2,1-6H3,(H,43,45)(H,44,46)(H,47,52)(H,53,54)/t31-,34-,35-,42+/m0/s1. The number of amides is 3. The van der Waals surface area contributed by atoms with Gasteiger partial charge in [0.25, 0.3) is 0 Å². The Morgan fingerprint density at radius 1 is 0.909 bits per heavy atom. The number of aliphatic hydroxyl groups excluding tert-OH is 1. The van der Waals surface area contributed by atoms with Crippen molar-refractivity contribution in [1.82, 2.24) is 35.1 Å². The number of fused-ring (bicyclic) bond motifs is 1. The predicted molar refractivity (Wildman–Crippen MR) is 209 cm³/mol. The van der Waals surface area contributed by atoms with Crippen LogP contribution in [0.15, 0.2) is 73.1 Å². The summed E-state index contributed by atoms with van der Waals surface area (Å²) in [5, 5.41) is 25.4. The number of methoxy groups -OCH3 is 1. The number of nitrogens with one attached hydrogen (secondary N) is 3. The lowest BCUT2D eigenvalue weighted by Gasteiger charge is -2.45. The summed E-state index contributed by atoms with van der Waals surface area (Å²) in [6.07, 6.45) is 3.09. The molecule has 2 saturated heterocycles. The van der Waals surface area contributed by atoms with E-state index in [4.69, 9.17) is 14.7 Å². The van der Waals surface area contributed by atoms with Crippen molar-refractivity contribution in [3.63, 3.8) is 0 Å². The van der Waals surface area contributed by atoms with Gasteiger partial charge in [0.05, 0.1) is 37.2 Å². The lowest BCUT2D eigenvalue weighted by molar-refractivity contribution is -0.135. The minimum atomic E-state index is -1.08. The second-order valence-corrected chi connectivity index (χ2v) is 16.1. The lowest BCUT2D eigenvalue weighted by atomic mass is 9.71. The largest absolute Gasteiger partial charge is 0.465 e. The highest BCUT2D eigenvalue weighted by Gasteiger charge is 2.58. The number of aromatic nitrogens is 4. The molecular formula is C42H49N7O6. The number of alkyl carbamates (subject to hydrolysis) is 1. The third-order valence-electron chi connectivity index (χ3n) is 11.3. The number of rotatable bonds is 8. The predicted octanol–water partition coefficient (Wildman–Crippen LogP) is 7.32. The van der Waals surface area contributed by atoms with Crippen molar-refractivity contribution in [2.75, 3.05) is 20.2 Å². The first kappa shape index (κ1) is 37.6. The number of carbonyl (C=O) groups excluding carboxylic acids is 2. The first-order valence-electron chi connectivity index (χ1n) is 18.8. The quantitative estimate of drug-likeness (QED) is 0.110. The number of β-amino-alcohol motifs (C(OH)–C–C–N with tert-alkyl or cyclic N) is 1. The molecule has 0 saturated carbocycles. The monoisotopic (exact) mass is 747 g/mol. The third kappa shape index (κ3) is 6.93. The number of aliphatic hydroxyl groups is 1. The third-order valence-corrected chi connectivity index (χ3v) is 11.3. The van der Waals surface area contributed by atoms with Crippen LogP contribution in [0.2, 0.25) is 0 Å². The molecule has 288 valence electrons. The summed E-state index contributed by atoms with van der Waals surface area (Å²) >= 11 is 0. The van der Waals surface area contributed by atoms with Crippen molar-refractivity contribution >= 4 is 28.9 Å². The molecule has 7 rings (SSSR count). The van der Waals surface area contributed by atoms with E-state index in [0.717, 1.165) is 57.4 Å². The fraction of sp³-hybridized carbons (Fsp3) is 0.405. The molecule has 13 nitrogen and oxygen atoms in total. The topological polar surface area (TPSA) is 177 Å². The van der Waals surface area contributed by atoms with Crippen LogP contribution in [-0.4, -0.2) is 90.4 Å². The van der Waals surface area contributed by atoms with Crippen molar-refractivity contribution < 1.29 is 29.3 Å². The van der Waals surface area contributed by atoms with Gasteiger partial charge in [0.2, 0.25) is 5.91 Å². The van der Waals surface area contributed by atoms with Crippen LogP contribution in [0.3, 0.4) is 0 Å². The molecule has 2 aliphatic rings. The van der Waals surface area contributed by atoms with Gasteiger partial charge in [-0.25, -0.2) is 19.6 Å². The number of benzene rings is 3. The Morgan fingerprint density at radius 2 is 1.53 bits per heavy atom. The summed E-state index contributed by atoms with van der Waals surface area (Å²) in [6.45, 7) is 10.4. The van der Waals surface area contributed by atoms with Crippen molar-refractivity contribution in [2.24, 2.45) is 11.3 Å². The van der Waals surface area contributed by atoms with E-state index in [1.54, 1.807) is 4.90 Å². The maximum atomic E-state index is 13.5. The Balaban J connectivity index is 1.07. The van der Waals surface area contributed by atoms with Crippen LogP contribution in [0.1, 0.15) is 71.6 Å². The molecule has 5 N–H and O–H groups in total. The van der Waals surface area contributed by atoms with E-state index < -0.39 is 35.3 Å². The fourth-order valence-corrected chi connectivity index (χ4v) is 8.36. The molecule has 13 heteroatoms. The Morgan fingerprint density at radius 3 is 2.18 bits per heavy atom. The SMILES string of the molecule is COC(=O)N[C@H](C(=O)N1CCC[C@H]1c1nc(-c2ccc(-c3ccc4cc(-c5c[nH]c([C@@]6(C(C)(C)C)C[C@H](O)CN6C(=O)O)n5)ccc4c3)cc2)c[nH]1)C(C)C. The number of carboxylic acid groups (broad SMARTS) is 1. The van der Waals surface area contributed by atoms with Crippen LogP contribution >= 0.6 is 0 Å². The van der Waals surface area contributed by atoms with E-state index in [-0.39, 0.29) is 30.8 Å². The molecule has 0 aliphatic carbocycles. The highest BCUT2D eigenvalue weighted by molar-refractivity contribution is 5.91. The molecule has 2 aromatic heterocycles. The average molecular weight is 748 g/mol. The smallest absolute Gasteiger partial charge is 0.408 e. The van der Waals surface area contributed by atoms with E-state index in [9.17, 15) is 24.6 Å². The maximum Gasteiger partial charge on any atom is 0.408 e. The number of hydrogen-bond acceptors (Lipinski definition) is 7. The number of carbonyl (C=O) groups is 3. The van der Waals surface area contributed by atoms with E-state index in [1.165, 1.54) is 12.0 Å². The molecule has 5 aromatic rings. The molecule has 2 aliphatic heterocycles. The molecule has 2 fully saturated rings. The molecular weight excluding hydrogens is 699 g/mol. The van der Waals surface area contributed by atoms with Crippen LogP contribution in [0, 0.1) is 11.3 Å². The van der Waals surface area contributed by atoms with Gasteiger partial charge >= 0.3 is 12.2 Å². The van der Waals surface area contributed by atoms with Crippen LogP contribution < -0.4 is 5.32 Å². The highest BCUT2D eigenvalue weighted by atomic mass is 16.5. The second-order valence-electron chi connectivity index (χ2n) is 16.1. The summed E-state index contributed by atoms with van der Waals surface area (Å²) in [4.78, 5) is 57.3. The number of likely N-dealkylation sites (tertiary alicyclic amines) is 2. The number of ether oxygens (including phenoxy) is 1. The summed E-state index contributed by atoms with van der Waals surface area (Å²) < 4.78 is 4.76. The number of aromatic amines is 2. The van der Waals surface area contributed by atoms with E-state index in [2.05, 4.69) is 57.7 Å². The first-order valence-corrected chi connectivity index (χ1v) is 18.8. The van der Waals surface area contributed by atoms with Gasteiger partial charge in [0.15, 0.2) is 0 Å². The maximum absolute atomic E-state index is 13.5. The summed E-state index contributed by atoms with van der Waals surface area (Å²) in [5.74, 6) is 0.998. The molecule has 0 unspecified atom stereocenters. The molecule has 4 atom stereocenters. The zero-order valence-corrected chi connectivity index (χ0v) is 32.1. The van der Waals surface area contributed by atoms with Crippen molar-refractivity contribution in [2.45, 2.75) is 77.6 Å². The molecule has 0 spiro atoms. The fourth-order valence-electron chi connectivity index (χ4n) is 8.36. The average Bonchev–Trinajstić information content (AvgIpc) is 3.99. The molecule has 55 heavy (non-hydrogen) atoms. The molecule has 0 bridgehead atoms. The molecule has 0 radical (unpaired) electrons. The van der Waals surface area contributed by atoms with Crippen LogP contribution in [0.25, 0.3) is 44.4 Å². The van der Waals surface area contributed by atoms with Crippen molar-refractivity contribution in [3.8, 4) is 33.6 Å². The zero-order chi connectivity index (χ0) is 39.2. The van der Waals surface area contributed by atoms with Gasteiger partial charge in [0.1, 0.15) is 23.2 Å². The lowest BCUT2D eigenvalue weighted by Crippen LogP contribution is -2.53. The van der Waals surface area contributed by atoms with Crippen LogP contribution in [0.5, 0.6) is 0 Å². The Bertz CT molecular complexity index is 2220. The Labute approximate surface area is 320 Å². The van der Waals surface area contributed by atoms with E-state index >= 15 is 0 Å². The van der Waals surface area contributed by atoms with Gasteiger partial charge in [-0.1, -0.05) is 83.1 Å². The van der Waals surface area contributed by atoms with Gasteiger partial charge in [-0.15, -0.1) is 0 Å². The number of hydrogen-bond donors (Lipinski definition) is 5. The number of H-pyrrole nitrogens is 2. The summed E-state index contributed by atoms with van der Waals surface area (Å²) in [7, 11) is 1.29. The van der Waals surface area contributed by atoms with Gasteiger partial charge in [-0.05, 0) is 58.2 Å². The molecule has 3 aromatic carbocycles. The number of imidazole rings is 2. The van der Waals surface area contributed by atoms with Crippen molar-refractivity contribution in [1.29, 1.82) is 0 Å². The van der Waals surface area contributed by atoms with Gasteiger partial charge in [-0.2, -0.15) is 0 Å². The Kier molecular flexibility index (Phi) is 9.93. The normalized spacial score (nSPS) is 20.7. The van der Waals surface area contributed by atoms with Crippen molar-refractivity contribution in [3.05, 3.63) is 84.7 Å². The first-order chi connectivity index (χ1) is 26.2. The zero-order valence-electron chi connectivity index (χ0n) is 32.1.